The molecule has 1 heterocycles. The van der Waals surface area contributed by atoms with Gasteiger partial charge in [0.15, 0.2) is 12.0 Å². The van der Waals surface area contributed by atoms with Gasteiger partial charge in [-0.15, -0.1) is 0 Å². The molecule has 162 valence electrons. The van der Waals surface area contributed by atoms with Crippen LogP contribution >= 0.6 is 0 Å². The van der Waals surface area contributed by atoms with E-state index in [1.807, 2.05) is 54.6 Å². The molecule has 0 fully saturated rings. The van der Waals surface area contributed by atoms with Crippen LogP contribution in [-0.2, 0) is 11.3 Å². The van der Waals surface area contributed by atoms with Crippen molar-refractivity contribution in [3.05, 3.63) is 88.6 Å². The van der Waals surface area contributed by atoms with Crippen LogP contribution in [0.15, 0.2) is 82.0 Å². The Morgan fingerprint density at radius 2 is 1.78 bits per heavy atom. The lowest BCUT2D eigenvalue weighted by atomic mass is 10.1. The fraction of sp³-hybridized carbons (Fsp3) is 0.120. The van der Waals surface area contributed by atoms with E-state index in [1.165, 1.54) is 18.2 Å². The highest BCUT2D eigenvalue weighted by Gasteiger charge is 2.14. The van der Waals surface area contributed by atoms with Gasteiger partial charge in [0.25, 0.3) is 5.91 Å². The van der Waals surface area contributed by atoms with Crippen molar-refractivity contribution in [3.8, 4) is 28.6 Å². The number of fused-ring (bicyclic) bond motifs is 1. The van der Waals surface area contributed by atoms with Crippen molar-refractivity contribution >= 4 is 16.9 Å². The lowest BCUT2D eigenvalue weighted by molar-refractivity contribution is -0.123. The molecule has 1 amide bonds. The van der Waals surface area contributed by atoms with E-state index in [-0.39, 0.29) is 47.0 Å². The summed E-state index contributed by atoms with van der Waals surface area (Å²) in [5.41, 5.74) is 1.36. The Hall–Kier alpha value is -4.26. The van der Waals surface area contributed by atoms with E-state index in [4.69, 9.17) is 13.9 Å². The minimum Gasteiger partial charge on any atom is -0.507 e. The van der Waals surface area contributed by atoms with Gasteiger partial charge in [0.1, 0.15) is 34.0 Å². The maximum Gasteiger partial charge on any atom is 0.258 e. The molecule has 7 heteroatoms. The number of amides is 1. The molecule has 1 aromatic heterocycles. The van der Waals surface area contributed by atoms with Crippen LogP contribution in [0.25, 0.3) is 22.3 Å². The third kappa shape index (κ3) is 4.57. The van der Waals surface area contributed by atoms with Crippen LogP contribution in [-0.4, -0.2) is 24.7 Å². The molecule has 4 rings (SSSR count). The fourth-order valence-corrected chi connectivity index (χ4v) is 3.31. The third-order valence-electron chi connectivity index (χ3n) is 4.88. The summed E-state index contributed by atoms with van der Waals surface area (Å²) in [4.78, 5) is 24.7. The van der Waals surface area contributed by atoms with Crippen molar-refractivity contribution < 1.29 is 23.8 Å². The van der Waals surface area contributed by atoms with Gasteiger partial charge in [0, 0.05) is 35.9 Å². The highest BCUT2D eigenvalue weighted by atomic mass is 16.5. The number of carbonyl (C=O) groups excluding carboxylic acids is 1. The zero-order valence-corrected chi connectivity index (χ0v) is 17.3. The molecule has 0 aliphatic rings. The molecular weight excluding hydrogens is 410 g/mol. The smallest absolute Gasteiger partial charge is 0.258 e. The Bertz CT molecular complexity index is 1310. The summed E-state index contributed by atoms with van der Waals surface area (Å²) in [6.45, 7) is 0.00713. The zero-order chi connectivity index (χ0) is 22.5. The van der Waals surface area contributed by atoms with E-state index in [0.717, 1.165) is 11.1 Å². The molecule has 0 aliphatic heterocycles. The van der Waals surface area contributed by atoms with Gasteiger partial charge in [0.2, 0.25) is 0 Å². The number of phenols is 1. The van der Waals surface area contributed by atoms with E-state index in [0.29, 0.717) is 11.5 Å². The van der Waals surface area contributed by atoms with Crippen LogP contribution in [0.2, 0.25) is 0 Å². The van der Waals surface area contributed by atoms with Crippen molar-refractivity contribution in [2.45, 2.75) is 6.54 Å². The fourth-order valence-electron chi connectivity index (χ4n) is 3.31. The van der Waals surface area contributed by atoms with E-state index in [2.05, 4.69) is 5.32 Å². The van der Waals surface area contributed by atoms with Crippen LogP contribution in [0.4, 0.5) is 0 Å². The minimum atomic E-state index is -0.372. The summed E-state index contributed by atoms with van der Waals surface area (Å²) in [5.74, 6) is 0.623. The van der Waals surface area contributed by atoms with Crippen LogP contribution < -0.4 is 20.2 Å². The SMILES string of the molecule is COc1ccccc1CNC(=O)COc1cc(O)c2c(=O)cc(-c3ccccc3)oc2c1. The molecule has 0 saturated carbocycles. The summed E-state index contributed by atoms with van der Waals surface area (Å²) < 4.78 is 16.6. The van der Waals surface area contributed by atoms with Gasteiger partial charge in [0.05, 0.1) is 7.11 Å². The highest BCUT2D eigenvalue weighted by molar-refractivity contribution is 5.86. The molecule has 0 spiro atoms. The molecule has 32 heavy (non-hydrogen) atoms. The Balaban J connectivity index is 1.49. The number of phenolic OH excluding ortho intramolecular Hbond substituents is 1. The van der Waals surface area contributed by atoms with Crippen LogP contribution in [0.1, 0.15) is 5.56 Å². The van der Waals surface area contributed by atoms with Crippen LogP contribution in [0.5, 0.6) is 17.2 Å². The second kappa shape index (κ2) is 9.26. The molecule has 0 saturated heterocycles. The standard InChI is InChI=1S/C25H21NO6/c1-30-21-10-6-5-9-17(21)14-26-24(29)15-31-18-11-19(27)25-20(28)13-22(32-23(25)12-18)16-7-3-2-4-8-16/h2-13,27H,14-15H2,1H3,(H,26,29). The monoisotopic (exact) mass is 431 g/mol. The Kier molecular flexibility index (Phi) is 6.07. The molecule has 2 N–H and O–H groups in total. The van der Waals surface area contributed by atoms with Gasteiger partial charge in [-0.1, -0.05) is 48.5 Å². The predicted molar refractivity (Wildman–Crippen MR) is 120 cm³/mol. The number of rotatable bonds is 7. The molecule has 0 atom stereocenters. The van der Waals surface area contributed by atoms with Crippen molar-refractivity contribution in [3.63, 3.8) is 0 Å². The van der Waals surface area contributed by atoms with Gasteiger partial charge < -0.3 is 24.3 Å². The molecule has 3 aromatic carbocycles. The second-order valence-corrected chi connectivity index (χ2v) is 7.03. The maximum atomic E-state index is 12.5. The van der Waals surface area contributed by atoms with E-state index in [1.54, 1.807) is 7.11 Å². The molecule has 4 aromatic rings. The highest BCUT2D eigenvalue weighted by Crippen LogP contribution is 2.31. The number of hydrogen-bond acceptors (Lipinski definition) is 6. The van der Waals surface area contributed by atoms with Crippen molar-refractivity contribution in [1.29, 1.82) is 0 Å². The number of nitrogens with one attached hydrogen (secondary N) is 1. The molecule has 7 nitrogen and oxygen atoms in total. The van der Waals surface area contributed by atoms with Gasteiger partial charge >= 0.3 is 0 Å². The quantitative estimate of drug-likeness (QED) is 0.461. The van der Waals surface area contributed by atoms with Crippen LogP contribution in [0.3, 0.4) is 0 Å². The topological polar surface area (TPSA) is 98.0 Å². The normalized spacial score (nSPS) is 10.7. The molecule has 0 radical (unpaired) electrons. The number of aromatic hydroxyl groups is 1. The number of ether oxygens (including phenoxy) is 2. The van der Waals surface area contributed by atoms with Crippen molar-refractivity contribution in [1.82, 2.24) is 5.32 Å². The van der Waals surface area contributed by atoms with Crippen LogP contribution in [0, 0.1) is 0 Å². The van der Waals surface area contributed by atoms with E-state index >= 15 is 0 Å². The maximum absolute atomic E-state index is 12.5. The largest absolute Gasteiger partial charge is 0.507 e. The first-order chi connectivity index (χ1) is 15.5. The summed E-state index contributed by atoms with van der Waals surface area (Å²) >= 11 is 0. The molecule has 0 bridgehead atoms. The van der Waals surface area contributed by atoms with Crippen molar-refractivity contribution in [2.24, 2.45) is 0 Å². The zero-order valence-electron chi connectivity index (χ0n) is 17.3. The average molecular weight is 431 g/mol. The lowest BCUT2D eigenvalue weighted by Gasteiger charge is -2.11. The predicted octanol–water partition coefficient (Wildman–Crippen LogP) is 3.87. The third-order valence-corrected chi connectivity index (χ3v) is 4.88. The summed E-state index contributed by atoms with van der Waals surface area (Å²) in [6.07, 6.45) is 0. The number of para-hydroxylation sites is 1. The number of carbonyl (C=O) groups is 1. The Morgan fingerprint density at radius 1 is 1.03 bits per heavy atom. The summed E-state index contributed by atoms with van der Waals surface area (Å²) in [7, 11) is 1.57. The van der Waals surface area contributed by atoms with Gasteiger partial charge in [-0.05, 0) is 6.07 Å². The summed E-state index contributed by atoms with van der Waals surface area (Å²) in [5, 5.41) is 13.1. The molecule has 0 unspecified atom stereocenters. The second-order valence-electron chi connectivity index (χ2n) is 7.03. The first-order valence-corrected chi connectivity index (χ1v) is 9.93. The lowest BCUT2D eigenvalue weighted by Crippen LogP contribution is -2.28. The van der Waals surface area contributed by atoms with E-state index in [9.17, 15) is 14.7 Å². The van der Waals surface area contributed by atoms with Gasteiger partial charge in [-0.3, -0.25) is 9.59 Å². The van der Waals surface area contributed by atoms with Gasteiger partial charge in [-0.25, -0.2) is 0 Å². The Morgan fingerprint density at radius 3 is 2.56 bits per heavy atom. The molecular formula is C25H21NO6. The Labute approximate surface area is 183 Å². The first kappa shape index (κ1) is 21.0. The summed E-state index contributed by atoms with van der Waals surface area (Å²) in [6, 6.07) is 20.6. The molecule has 0 aliphatic carbocycles. The van der Waals surface area contributed by atoms with Crippen molar-refractivity contribution in [2.75, 3.05) is 13.7 Å². The average Bonchev–Trinajstić information content (AvgIpc) is 2.81. The first-order valence-electron chi connectivity index (χ1n) is 9.93. The van der Waals surface area contributed by atoms with Gasteiger partial charge in [-0.2, -0.15) is 0 Å². The number of hydrogen-bond donors (Lipinski definition) is 2. The number of benzene rings is 3. The van der Waals surface area contributed by atoms with E-state index < -0.39 is 0 Å². The minimum absolute atomic E-state index is 0.0534. The number of methoxy groups -OCH3 is 1.